The molecule has 1 atom stereocenters. The summed E-state index contributed by atoms with van der Waals surface area (Å²) in [6, 6.07) is 0. The molecule has 0 radical (unpaired) electrons. The number of allylic oxidation sites excluding steroid dienone is 12. The summed E-state index contributed by atoms with van der Waals surface area (Å²) in [7, 11) is 0. The molecule has 0 aliphatic heterocycles. The maximum Gasteiger partial charge on any atom is 0.306 e. The van der Waals surface area contributed by atoms with E-state index in [4.69, 9.17) is 14.2 Å². The third kappa shape index (κ3) is 69.5. The summed E-state index contributed by atoms with van der Waals surface area (Å²) < 4.78 is 17.0. The largest absolute Gasteiger partial charge is 0.462 e. The van der Waals surface area contributed by atoms with Gasteiger partial charge in [0.25, 0.3) is 0 Å². The van der Waals surface area contributed by atoms with Gasteiger partial charge in [0.2, 0.25) is 0 Å². The Balaban J connectivity index is 4.36. The second-order valence-corrected chi connectivity index (χ2v) is 24.5. The van der Waals surface area contributed by atoms with E-state index in [1.54, 1.807) is 0 Å². The van der Waals surface area contributed by atoms with Crippen molar-refractivity contribution in [2.45, 2.75) is 386 Å². The van der Waals surface area contributed by atoms with Crippen LogP contribution in [0.2, 0.25) is 0 Å². The molecule has 0 aromatic heterocycles. The van der Waals surface area contributed by atoms with Crippen LogP contribution in [-0.2, 0) is 28.6 Å². The minimum Gasteiger partial charge on any atom is -0.462 e. The first-order valence-electron chi connectivity index (χ1n) is 36.4. The van der Waals surface area contributed by atoms with Gasteiger partial charge < -0.3 is 14.2 Å². The van der Waals surface area contributed by atoms with Gasteiger partial charge in [-0.05, 0) is 116 Å². The zero-order chi connectivity index (χ0) is 59.9. The second kappa shape index (κ2) is 71.3. The first-order chi connectivity index (χ1) is 41.0. The molecule has 0 aliphatic carbocycles. The molecule has 0 fully saturated rings. The summed E-state index contributed by atoms with van der Waals surface area (Å²) in [6.07, 6.45) is 93.5. The summed E-state index contributed by atoms with van der Waals surface area (Å²) >= 11 is 0. The maximum absolute atomic E-state index is 13.0. The van der Waals surface area contributed by atoms with E-state index in [2.05, 4.69) is 93.7 Å². The van der Waals surface area contributed by atoms with Crippen molar-refractivity contribution in [2.24, 2.45) is 0 Å². The number of hydrogen-bond acceptors (Lipinski definition) is 6. The highest BCUT2D eigenvalue weighted by Crippen LogP contribution is 2.17. The fraction of sp³-hybridized carbons (Fsp3) is 0.805. The van der Waals surface area contributed by atoms with Gasteiger partial charge in [-0.15, -0.1) is 0 Å². The highest BCUT2D eigenvalue weighted by Gasteiger charge is 2.19. The third-order valence-corrected chi connectivity index (χ3v) is 16.2. The molecule has 0 rings (SSSR count). The summed E-state index contributed by atoms with van der Waals surface area (Å²) in [5.74, 6) is -0.865. The molecular weight excluding hydrogens is 1020 g/mol. The lowest BCUT2D eigenvalue weighted by Crippen LogP contribution is -2.30. The van der Waals surface area contributed by atoms with Crippen LogP contribution in [0.4, 0.5) is 0 Å². The molecule has 0 aliphatic rings. The Morgan fingerprint density at radius 1 is 0.241 bits per heavy atom. The Morgan fingerprint density at radius 3 is 0.711 bits per heavy atom. The SMILES string of the molecule is CCCCC/C=C\C/C=C\CCCCCCCCCCCC(=O)OCC(COC(=O)CCCCCCCCCCCC/C=C\C/C=C\C/C=C\CCCCCCC)OC(=O)CCCCCCCCCCC/C=C\CCCCCCCCCC. The van der Waals surface area contributed by atoms with Crippen LogP contribution in [0.1, 0.15) is 380 Å². The lowest BCUT2D eigenvalue weighted by atomic mass is 10.0. The maximum atomic E-state index is 13.0. The number of ether oxygens (including phenoxy) is 3. The van der Waals surface area contributed by atoms with Gasteiger partial charge in [-0.3, -0.25) is 14.4 Å². The van der Waals surface area contributed by atoms with Crippen molar-refractivity contribution < 1.29 is 28.6 Å². The average Bonchev–Trinajstić information content (AvgIpc) is 3.49. The molecule has 0 saturated heterocycles. The van der Waals surface area contributed by atoms with Gasteiger partial charge in [-0.1, -0.05) is 318 Å². The van der Waals surface area contributed by atoms with E-state index in [9.17, 15) is 14.4 Å². The van der Waals surface area contributed by atoms with Crippen LogP contribution in [0.5, 0.6) is 0 Å². The normalized spacial score (nSPS) is 12.5. The Hall–Kier alpha value is -3.15. The fourth-order valence-corrected chi connectivity index (χ4v) is 10.7. The van der Waals surface area contributed by atoms with Crippen LogP contribution in [0, 0.1) is 0 Å². The monoisotopic (exact) mass is 1160 g/mol. The minimum atomic E-state index is -0.782. The molecular formula is C77H138O6. The molecule has 0 bridgehead atoms. The summed E-state index contributed by atoms with van der Waals surface area (Å²) in [4.78, 5) is 38.5. The Kier molecular flexibility index (Phi) is 68.6. The van der Waals surface area contributed by atoms with Crippen LogP contribution >= 0.6 is 0 Å². The van der Waals surface area contributed by atoms with Crippen molar-refractivity contribution in [3.05, 3.63) is 72.9 Å². The quantitative estimate of drug-likeness (QED) is 0.0261. The molecule has 0 N–H and O–H groups in total. The van der Waals surface area contributed by atoms with Gasteiger partial charge in [0, 0.05) is 19.3 Å². The molecule has 0 amide bonds. The highest BCUT2D eigenvalue weighted by molar-refractivity contribution is 5.71. The van der Waals surface area contributed by atoms with Crippen molar-refractivity contribution in [3.8, 4) is 0 Å². The van der Waals surface area contributed by atoms with Gasteiger partial charge in [0.15, 0.2) is 6.10 Å². The van der Waals surface area contributed by atoms with Crippen molar-refractivity contribution in [3.63, 3.8) is 0 Å². The molecule has 6 heteroatoms. The van der Waals surface area contributed by atoms with E-state index in [0.717, 1.165) is 77.0 Å². The zero-order valence-corrected chi connectivity index (χ0v) is 55.5. The predicted molar refractivity (Wildman–Crippen MR) is 362 cm³/mol. The van der Waals surface area contributed by atoms with Crippen LogP contribution in [0.15, 0.2) is 72.9 Å². The molecule has 1 unspecified atom stereocenters. The smallest absolute Gasteiger partial charge is 0.306 e. The fourth-order valence-electron chi connectivity index (χ4n) is 10.7. The lowest BCUT2D eigenvalue weighted by Gasteiger charge is -2.18. The number of rotatable bonds is 67. The van der Waals surface area contributed by atoms with Crippen LogP contribution in [-0.4, -0.2) is 37.2 Å². The van der Waals surface area contributed by atoms with Gasteiger partial charge in [-0.2, -0.15) is 0 Å². The number of hydrogen-bond donors (Lipinski definition) is 0. The Bertz CT molecular complexity index is 1520. The molecule has 482 valence electrons. The second-order valence-electron chi connectivity index (χ2n) is 24.5. The van der Waals surface area contributed by atoms with Crippen molar-refractivity contribution >= 4 is 17.9 Å². The molecule has 0 aromatic carbocycles. The van der Waals surface area contributed by atoms with Crippen LogP contribution in [0.25, 0.3) is 0 Å². The van der Waals surface area contributed by atoms with Crippen LogP contribution in [0.3, 0.4) is 0 Å². The van der Waals surface area contributed by atoms with Gasteiger partial charge >= 0.3 is 17.9 Å². The number of carbonyl (C=O) groups excluding carboxylic acids is 3. The summed E-state index contributed by atoms with van der Waals surface area (Å²) in [5, 5.41) is 0. The van der Waals surface area contributed by atoms with E-state index >= 15 is 0 Å². The minimum absolute atomic E-state index is 0.0773. The number of carbonyl (C=O) groups is 3. The molecule has 83 heavy (non-hydrogen) atoms. The molecule has 0 spiro atoms. The van der Waals surface area contributed by atoms with Crippen molar-refractivity contribution in [2.75, 3.05) is 13.2 Å². The van der Waals surface area contributed by atoms with Crippen LogP contribution < -0.4 is 0 Å². The Labute approximate surface area is 516 Å². The van der Waals surface area contributed by atoms with E-state index in [1.165, 1.54) is 263 Å². The first-order valence-corrected chi connectivity index (χ1v) is 36.4. The summed E-state index contributed by atoms with van der Waals surface area (Å²) in [6.45, 7) is 6.65. The summed E-state index contributed by atoms with van der Waals surface area (Å²) in [5.41, 5.74) is 0. The lowest BCUT2D eigenvalue weighted by molar-refractivity contribution is -0.167. The van der Waals surface area contributed by atoms with Crippen molar-refractivity contribution in [1.82, 2.24) is 0 Å². The molecule has 0 saturated carbocycles. The van der Waals surface area contributed by atoms with E-state index < -0.39 is 6.10 Å². The van der Waals surface area contributed by atoms with E-state index in [1.807, 2.05) is 0 Å². The van der Waals surface area contributed by atoms with Crippen molar-refractivity contribution in [1.29, 1.82) is 0 Å². The van der Waals surface area contributed by atoms with E-state index in [-0.39, 0.29) is 31.1 Å². The Morgan fingerprint density at radius 2 is 0.434 bits per heavy atom. The predicted octanol–water partition coefficient (Wildman–Crippen LogP) is 25.2. The van der Waals surface area contributed by atoms with Gasteiger partial charge in [0.05, 0.1) is 0 Å². The highest BCUT2D eigenvalue weighted by atomic mass is 16.6. The zero-order valence-electron chi connectivity index (χ0n) is 55.5. The standard InChI is InChI=1S/C77H138O6/c1-4-7-10-13-16-19-22-25-28-31-34-36-37-38-39-41-43-46-49-52-55-58-61-64-67-70-76(79)82-73-74(72-81-75(78)69-66-63-60-57-54-51-48-45-42-33-30-27-24-21-18-15-12-9-6-3)83-77(80)71-68-65-62-59-56-53-50-47-44-40-35-32-29-26-23-20-17-14-11-8-5-2/h18,21-22,25,27,30-32,34-35,37-38,74H,4-17,19-20,23-24,26,28-29,33,36,39-73H2,1-3H3/b21-18-,25-22-,30-27-,34-31-,35-32-,38-37-. The molecule has 6 nitrogen and oxygen atoms in total. The number of esters is 3. The average molecular weight is 1160 g/mol. The van der Waals surface area contributed by atoms with Gasteiger partial charge in [0.1, 0.15) is 13.2 Å². The first kappa shape index (κ1) is 79.8. The topological polar surface area (TPSA) is 78.9 Å². The van der Waals surface area contributed by atoms with E-state index in [0.29, 0.717) is 19.3 Å². The number of unbranched alkanes of at least 4 members (excludes halogenated alkanes) is 44. The molecule has 0 heterocycles. The van der Waals surface area contributed by atoms with Gasteiger partial charge in [-0.25, -0.2) is 0 Å². The molecule has 0 aromatic rings. The third-order valence-electron chi connectivity index (χ3n) is 16.2.